The summed E-state index contributed by atoms with van der Waals surface area (Å²) in [6.07, 6.45) is 15.4. The molecule has 0 aromatic rings. The zero-order valence-corrected chi connectivity index (χ0v) is 19.0. The van der Waals surface area contributed by atoms with Crippen molar-refractivity contribution in [2.24, 2.45) is 46.8 Å². The van der Waals surface area contributed by atoms with Gasteiger partial charge in [-0.15, -0.1) is 0 Å². The van der Waals surface area contributed by atoms with Crippen LogP contribution in [0.15, 0.2) is 0 Å². The lowest BCUT2D eigenvalue weighted by Crippen LogP contribution is -2.50. The molecule has 0 aliphatic heterocycles. The van der Waals surface area contributed by atoms with Crippen LogP contribution in [0.25, 0.3) is 0 Å². The first kappa shape index (κ1) is 21.2. The van der Waals surface area contributed by atoms with Crippen molar-refractivity contribution in [3.63, 3.8) is 0 Å². The van der Waals surface area contributed by atoms with Crippen LogP contribution in [0, 0.1) is 46.8 Å². The molecule has 0 amide bonds. The van der Waals surface area contributed by atoms with Gasteiger partial charge in [0.1, 0.15) is 0 Å². The number of hydrogen-bond donors (Lipinski definition) is 2. The molecule has 0 saturated heterocycles. The highest BCUT2D eigenvalue weighted by atomic mass is 16.3. The van der Waals surface area contributed by atoms with Crippen LogP contribution < -0.4 is 0 Å². The van der Waals surface area contributed by atoms with Crippen LogP contribution in [0.3, 0.4) is 0 Å². The number of rotatable bonds is 5. The van der Waals surface area contributed by atoms with E-state index in [4.69, 9.17) is 0 Å². The maximum Gasteiger partial charge on any atom is 0.0622 e. The molecule has 28 heavy (non-hydrogen) atoms. The van der Waals surface area contributed by atoms with Gasteiger partial charge in [-0.1, -0.05) is 27.2 Å². The molecule has 0 radical (unpaired) electrons. The first-order valence-corrected chi connectivity index (χ1v) is 12.6. The van der Waals surface area contributed by atoms with E-state index in [0.29, 0.717) is 11.3 Å². The molecule has 2 nitrogen and oxygen atoms in total. The summed E-state index contributed by atoms with van der Waals surface area (Å²) in [5, 5.41) is 20.8. The van der Waals surface area contributed by atoms with Gasteiger partial charge in [0.25, 0.3) is 0 Å². The highest BCUT2D eigenvalue weighted by Crippen LogP contribution is 2.65. The molecule has 0 spiro atoms. The van der Waals surface area contributed by atoms with Crippen LogP contribution >= 0.6 is 0 Å². The lowest BCUT2D eigenvalue weighted by molar-refractivity contribution is -0.100. The van der Waals surface area contributed by atoms with Crippen molar-refractivity contribution < 1.29 is 10.2 Å². The summed E-state index contributed by atoms with van der Waals surface area (Å²) in [7, 11) is 0. The molecule has 4 fully saturated rings. The molecule has 162 valence electrons. The molecule has 0 aromatic heterocycles. The van der Waals surface area contributed by atoms with Crippen LogP contribution in [0.2, 0.25) is 0 Å². The van der Waals surface area contributed by atoms with E-state index in [-0.39, 0.29) is 6.10 Å². The molecule has 4 aliphatic carbocycles. The van der Waals surface area contributed by atoms with E-state index in [1.807, 2.05) is 0 Å². The monoisotopic (exact) mass is 390 g/mol. The molecule has 2 N–H and O–H groups in total. The second-order valence-corrected chi connectivity index (χ2v) is 12.2. The molecule has 1 unspecified atom stereocenters. The van der Waals surface area contributed by atoms with Gasteiger partial charge in [0.15, 0.2) is 0 Å². The van der Waals surface area contributed by atoms with Crippen LogP contribution in [0.1, 0.15) is 105 Å². The fourth-order valence-corrected chi connectivity index (χ4v) is 8.57. The maximum atomic E-state index is 10.6. The molecule has 4 saturated carbocycles. The van der Waals surface area contributed by atoms with Gasteiger partial charge in [-0.2, -0.15) is 0 Å². The topological polar surface area (TPSA) is 40.5 Å². The molecule has 2 heteroatoms. The van der Waals surface area contributed by atoms with Crippen molar-refractivity contribution in [3.8, 4) is 0 Å². The van der Waals surface area contributed by atoms with Crippen LogP contribution in [-0.2, 0) is 0 Å². The Bertz CT molecular complexity index is 541. The van der Waals surface area contributed by atoms with Gasteiger partial charge in [0.2, 0.25) is 0 Å². The largest absolute Gasteiger partial charge is 0.393 e. The standard InChI is InChI=1S/C26H46O2/c1-17(2)24(27)7-5-6-19-9-11-23-22-10-8-18-16-25(3,28)14-12-20(18)21(22)13-15-26(19,23)4/h17-24,27-28H,5-16H2,1-4H3/t18-,19-,20-,21+,22+,23-,24?,25-,26+/m0/s1. The van der Waals surface area contributed by atoms with Crippen molar-refractivity contribution in [1.29, 1.82) is 0 Å². The molecule has 0 aromatic carbocycles. The Labute approximate surface area is 173 Å². The van der Waals surface area contributed by atoms with Crippen LogP contribution in [0.5, 0.6) is 0 Å². The van der Waals surface area contributed by atoms with Gasteiger partial charge in [0.05, 0.1) is 11.7 Å². The Kier molecular flexibility index (Phi) is 5.95. The first-order chi connectivity index (χ1) is 13.2. The highest BCUT2D eigenvalue weighted by molar-refractivity contribution is 5.06. The third-order valence-electron chi connectivity index (χ3n) is 10.3. The quantitative estimate of drug-likeness (QED) is 0.587. The van der Waals surface area contributed by atoms with Crippen molar-refractivity contribution in [2.75, 3.05) is 0 Å². The minimum atomic E-state index is -0.393. The molecular formula is C26H46O2. The minimum Gasteiger partial charge on any atom is -0.393 e. The fourth-order valence-electron chi connectivity index (χ4n) is 8.57. The van der Waals surface area contributed by atoms with E-state index in [1.165, 1.54) is 57.8 Å². The zero-order valence-electron chi connectivity index (χ0n) is 19.0. The predicted octanol–water partition coefficient (Wildman–Crippen LogP) is 6.19. The second kappa shape index (κ2) is 7.88. The van der Waals surface area contributed by atoms with Gasteiger partial charge >= 0.3 is 0 Å². The second-order valence-electron chi connectivity index (χ2n) is 12.2. The number of aliphatic hydroxyl groups is 2. The molecule has 4 rings (SSSR count). The SMILES string of the molecule is CC(C)C(O)CCC[C@H]1CC[C@H]2[C@@H]3CC[C@H]4C[C@@](C)(O)CC[C@@H]4[C@H]3CC[C@]12C. The van der Waals surface area contributed by atoms with Crippen LogP contribution in [-0.4, -0.2) is 21.9 Å². The molecule has 9 atom stereocenters. The van der Waals surface area contributed by atoms with E-state index in [1.54, 1.807) is 0 Å². The lowest BCUT2D eigenvalue weighted by Gasteiger charge is -2.57. The van der Waals surface area contributed by atoms with E-state index >= 15 is 0 Å². The van der Waals surface area contributed by atoms with Crippen LogP contribution in [0.4, 0.5) is 0 Å². The number of aliphatic hydroxyl groups excluding tert-OH is 1. The average molecular weight is 391 g/mol. The van der Waals surface area contributed by atoms with Crippen molar-refractivity contribution in [2.45, 2.75) is 116 Å². The Morgan fingerprint density at radius 2 is 1.64 bits per heavy atom. The molecule has 4 aliphatic rings. The van der Waals surface area contributed by atoms with E-state index < -0.39 is 5.60 Å². The molecule has 0 heterocycles. The van der Waals surface area contributed by atoms with E-state index in [2.05, 4.69) is 27.7 Å². The normalized spacial score (nSPS) is 49.4. The molecular weight excluding hydrogens is 344 g/mol. The third kappa shape index (κ3) is 3.82. The Morgan fingerprint density at radius 3 is 2.39 bits per heavy atom. The Morgan fingerprint density at radius 1 is 0.893 bits per heavy atom. The maximum absolute atomic E-state index is 10.6. The zero-order chi connectivity index (χ0) is 20.1. The Hall–Kier alpha value is -0.0800. The van der Waals surface area contributed by atoms with Crippen molar-refractivity contribution in [1.82, 2.24) is 0 Å². The van der Waals surface area contributed by atoms with Gasteiger partial charge < -0.3 is 10.2 Å². The van der Waals surface area contributed by atoms with Crippen molar-refractivity contribution in [3.05, 3.63) is 0 Å². The summed E-state index contributed by atoms with van der Waals surface area (Å²) in [5.41, 5.74) is 0.174. The lowest BCUT2D eigenvalue weighted by atomic mass is 9.49. The number of hydrogen-bond acceptors (Lipinski definition) is 2. The van der Waals surface area contributed by atoms with Gasteiger partial charge in [-0.05, 0) is 124 Å². The fraction of sp³-hybridized carbons (Fsp3) is 1.00. The smallest absolute Gasteiger partial charge is 0.0622 e. The predicted molar refractivity (Wildman–Crippen MR) is 116 cm³/mol. The summed E-state index contributed by atoms with van der Waals surface area (Å²) in [5.74, 6) is 5.86. The van der Waals surface area contributed by atoms with E-state index in [0.717, 1.165) is 54.8 Å². The highest BCUT2D eigenvalue weighted by Gasteiger charge is 2.57. The summed E-state index contributed by atoms with van der Waals surface area (Å²) in [6, 6.07) is 0. The first-order valence-electron chi connectivity index (χ1n) is 12.6. The van der Waals surface area contributed by atoms with Gasteiger partial charge in [-0.3, -0.25) is 0 Å². The summed E-state index contributed by atoms with van der Waals surface area (Å²) < 4.78 is 0. The van der Waals surface area contributed by atoms with E-state index in [9.17, 15) is 10.2 Å². The summed E-state index contributed by atoms with van der Waals surface area (Å²) >= 11 is 0. The summed E-state index contributed by atoms with van der Waals surface area (Å²) in [4.78, 5) is 0. The summed E-state index contributed by atoms with van der Waals surface area (Å²) in [6.45, 7) is 8.99. The minimum absolute atomic E-state index is 0.112. The average Bonchev–Trinajstić information content (AvgIpc) is 2.97. The Balaban J connectivity index is 1.38. The van der Waals surface area contributed by atoms with Crippen molar-refractivity contribution >= 4 is 0 Å². The third-order valence-corrected chi connectivity index (χ3v) is 10.3. The number of fused-ring (bicyclic) bond motifs is 5. The van der Waals surface area contributed by atoms with Gasteiger partial charge in [-0.25, -0.2) is 0 Å². The van der Waals surface area contributed by atoms with Gasteiger partial charge in [0, 0.05) is 0 Å². The molecule has 0 bridgehead atoms.